The van der Waals surface area contributed by atoms with Gasteiger partial charge < -0.3 is 15.3 Å². The molecule has 4 rings (SSSR count). The second kappa shape index (κ2) is 7.20. The number of aromatic nitrogens is 1. The van der Waals surface area contributed by atoms with Crippen LogP contribution in [0.25, 0.3) is 6.08 Å². The summed E-state index contributed by atoms with van der Waals surface area (Å²) in [5, 5.41) is 12.7. The van der Waals surface area contributed by atoms with Gasteiger partial charge in [-0.1, -0.05) is 23.5 Å². The fourth-order valence-electron chi connectivity index (χ4n) is 3.64. The van der Waals surface area contributed by atoms with Crippen LogP contribution < -0.4 is 10.2 Å². The Kier molecular flexibility index (Phi) is 4.72. The molecule has 0 bridgehead atoms. The monoisotopic (exact) mass is 397 g/mol. The average molecular weight is 397 g/mol. The van der Waals surface area contributed by atoms with Gasteiger partial charge in [0.25, 0.3) is 0 Å². The molecule has 2 aliphatic rings. The van der Waals surface area contributed by atoms with E-state index in [4.69, 9.17) is 5.11 Å². The Morgan fingerprint density at radius 1 is 1.36 bits per heavy atom. The first-order valence-corrected chi connectivity index (χ1v) is 9.79. The predicted octanol–water partition coefficient (Wildman–Crippen LogP) is 2.49. The number of rotatable bonds is 6. The van der Waals surface area contributed by atoms with E-state index in [9.17, 15) is 14.4 Å². The summed E-state index contributed by atoms with van der Waals surface area (Å²) in [6, 6.07) is 5.75. The maximum atomic E-state index is 12.7. The van der Waals surface area contributed by atoms with E-state index in [0.29, 0.717) is 24.6 Å². The molecule has 1 aromatic carbocycles. The summed E-state index contributed by atoms with van der Waals surface area (Å²) in [6.45, 7) is 1.28. The summed E-state index contributed by atoms with van der Waals surface area (Å²) in [5.41, 5.74) is 3.03. The van der Waals surface area contributed by atoms with Crippen molar-refractivity contribution in [2.24, 2.45) is 5.92 Å². The summed E-state index contributed by atoms with van der Waals surface area (Å²) in [4.78, 5) is 42.4. The van der Waals surface area contributed by atoms with Gasteiger partial charge in [-0.05, 0) is 23.3 Å². The Morgan fingerprint density at radius 2 is 2.14 bits per heavy atom. The molecule has 0 amide bonds. The summed E-state index contributed by atoms with van der Waals surface area (Å²) in [6.07, 6.45) is 3.61. The average Bonchev–Trinajstić information content (AvgIpc) is 3.13. The normalized spacial score (nSPS) is 16.2. The van der Waals surface area contributed by atoms with Gasteiger partial charge in [-0.3, -0.25) is 9.59 Å². The van der Waals surface area contributed by atoms with Gasteiger partial charge >= 0.3 is 5.97 Å². The number of allylic oxidation sites excluding steroid dienone is 1. The molecule has 144 valence electrons. The Balaban J connectivity index is 1.41. The highest BCUT2D eigenvalue weighted by Crippen LogP contribution is 2.33. The van der Waals surface area contributed by atoms with E-state index in [1.807, 2.05) is 30.1 Å². The number of Topliss-reactive ketones (excluding diaryl/α,β-unsaturated/α-hetero) is 2. The zero-order chi connectivity index (χ0) is 19.8. The van der Waals surface area contributed by atoms with Crippen LogP contribution in [0.1, 0.15) is 27.2 Å². The Labute approximate surface area is 165 Å². The topological polar surface area (TPSA) is 99.6 Å². The minimum absolute atomic E-state index is 0.125. The van der Waals surface area contributed by atoms with Gasteiger partial charge in [-0.25, -0.2) is 9.78 Å². The summed E-state index contributed by atoms with van der Waals surface area (Å²) >= 11 is 1.13. The van der Waals surface area contributed by atoms with Gasteiger partial charge in [-0.15, -0.1) is 0 Å². The molecule has 1 aliphatic carbocycles. The van der Waals surface area contributed by atoms with Crippen molar-refractivity contribution in [1.29, 1.82) is 0 Å². The zero-order valence-corrected chi connectivity index (χ0v) is 16.1. The standard InChI is InChI=1S/C20H19N3O4S/c1-21-15-4-2-3-12-6-14(17(25)7-13(12)15)16(24)5-11-9-23(10-11)20-22-8-18(28-20)19(26)27/h2-4,6,8,11,21H,5,7,9-10H2,1H3,(H,26,27). The molecule has 1 fully saturated rings. The largest absolute Gasteiger partial charge is 0.477 e. The second-order valence-corrected chi connectivity index (χ2v) is 8.00. The fraction of sp³-hybridized carbons (Fsp3) is 0.300. The third-order valence-corrected chi connectivity index (χ3v) is 6.17. The van der Waals surface area contributed by atoms with Crippen LogP contribution >= 0.6 is 11.3 Å². The first-order chi connectivity index (χ1) is 13.5. The Hall–Kier alpha value is -3.00. The van der Waals surface area contributed by atoms with Crippen molar-refractivity contribution >= 4 is 45.8 Å². The fourth-order valence-corrected chi connectivity index (χ4v) is 4.41. The zero-order valence-electron chi connectivity index (χ0n) is 15.3. The third-order valence-electron chi connectivity index (χ3n) is 5.13. The molecule has 1 saturated heterocycles. The highest BCUT2D eigenvalue weighted by atomic mass is 32.1. The van der Waals surface area contributed by atoms with E-state index < -0.39 is 5.97 Å². The first kappa shape index (κ1) is 18.4. The van der Waals surface area contributed by atoms with Crippen LogP contribution in [0.5, 0.6) is 0 Å². The van der Waals surface area contributed by atoms with E-state index in [1.165, 1.54) is 6.20 Å². The van der Waals surface area contributed by atoms with Crippen LogP contribution in [0, 0.1) is 5.92 Å². The van der Waals surface area contributed by atoms with Gasteiger partial charge in [0.05, 0.1) is 11.8 Å². The molecule has 0 spiro atoms. The molecular formula is C20H19N3O4S. The maximum Gasteiger partial charge on any atom is 0.347 e. The lowest BCUT2D eigenvalue weighted by Gasteiger charge is -2.39. The van der Waals surface area contributed by atoms with Crippen molar-refractivity contribution < 1.29 is 19.5 Å². The van der Waals surface area contributed by atoms with E-state index >= 15 is 0 Å². The van der Waals surface area contributed by atoms with Gasteiger partial charge in [0, 0.05) is 44.6 Å². The number of aromatic carboxylic acids is 1. The minimum atomic E-state index is -0.986. The molecule has 7 nitrogen and oxygen atoms in total. The molecule has 0 unspecified atom stereocenters. The summed E-state index contributed by atoms with van der Waals surface area (Å²) in [5.74, 6) is -1.10. The molecule has 1 aromatic heterocycles. The van der Waals surface area contributed by atoms with E-state index in [1.54, 1.807) is 6.08 Å². The van der Waals surface area contributed by atoms with Gasteiger partial charge in [0.2, 0.25) is 0 Å². The molecule has 0 radical (unpaired) electrons. The summed E-state index contributed by atoms with van der Waals surface area (Å²) in [7, 11) is 1.81. The molecular weight excluding hydrogens is 378 g/mol. The molecule has 2 N–H and O–H groups in total. The molecule has 0 saturated carbocycles. The SMILES string of the molecule is CNc1cccc2c1CC(=O)C(C(=O)CC1CN(c3ncc(C(=O)O)s3)C1)=C2. The van der Waals surface area contributed by atoms with Gasteiger partial charge in [-0.2, -0.15) is 0 Å². The van der Waals surface area contributed by atoms with Crippen molar-refractivity contribution in [2.75, 3.05) is 30.4 Å². The maximum absolute atomic E-state index is 12.7. The van der Waals surface area contributed by atoms with Crippen molar-refractivity contribution in [3.63, 3.8) is 0 Å². The van der Waals surface area contributed by atoms with E-state index in [-0.39, 0.29) is 34.4 Å². The lowest BCUT2D eigenvalue weighted by Crippen LogP contribution is -2.47. The lowest BCUT2D eigenvalue weighted by molar-refractivity contribution is -0.121. The number of carbonyl (C=O) groups is 3. The Morgan fingerprint density at radius 3 is 2.82 bits per heavy atom. The number of thiazole rings is 1. The smallest absolute Gasteiger partial charge is 0.347 e. The van der Waals surface area contributed by atoms with Crippen LogP contribution in [0.2, 0.25) is 0 Å². The van der Waals surface area contributed by atoms with Gasteiger partial charge in [0.1, 0.15) is 4.88 Å². The summed E-state index contributed by atoms with van der Waals surface area (Å²) < 4.78 is 0. The third kappa shape index (κ3) is 3.31. The lowest BCUT2D eigenvalue weighted by atomic mass is 9.84. The van der Waals surface area contributed by atoms with E-state index in [0.717, 1.165) is 28.2 Å². The molecule has 8 heteroatoms. The van der Waals surface area contributed by atoms with Crippen molar-refractivity contribution in [2.45, 2.75) is 12.8 Å². The second-order valence-electron chi connectivity index (χ2n) is 6.99. The van der Waals surface area contributed by atoms with Crippen molar-refractivity contribution in [1.82, 2.24) is 4.98 Å². The number of hydrogen-bond donors (Lipinski definition) is 2. The number of fused-ring (bicyclic) bond motifs is 1. The quantitative estimate of drug-likeness (QED) is 0.723. The molecule has 2 heterocycles. The molecule has 28 heavy (non-hydrogen) atoms. The van der Waals surface area contributed by atoms with Crippen LogP contribution in [-0.2, 0) is 16.0 Å². The van der Waals surface area contributed by atoms with Gasteiger partial charge in [0.15, 0.2) is 16.7 Å². The first-order valence-electron chi connectivity index (χ1n) is 8.98. The van der Waals surface area contributed by atoms with Crippen LogP contribution in [0.4, 0.5) is 10.8 Å². The number of ketones is 2. The van der Waals surface area contributed by atoms with Crippen LogP contribution in [0.3, 0.4) is 0 Å². The predicted molar refractivity (Wildman–Crippen MR) is 107 cm³/mol. The van der Waals surface area contributed by atoms with E-state index in [2.05, 4.69) is 10.3 Å². The van der Waals surface area contributed by atoms with Crippen molar-refractivity contribution in [3.8, 4) is 0 Å². The highest BCUT2D eigenvalue weighted by Gasteiger charge is 2.33. The number of nitrogens with zero attached hydrogens (tertiary/aromatic N) is 2. The molecule has 1 aliphatic heterocycles. The number of carboxylic acid groups (broad SMARTS) is 1. The number of carboxylic acids is 1. The number of nitrogens with one attached hydrogen (secondary N) is 1. The minimum Gasteiger partial charge on any atom is -0.477 e. The number of anilines is 2. The molecule has 2 aromatic rings. The Bertz CT molecular complexity index is 1000. The van der Waals surface area contributed by atoms with Crippen LogP contribution in [-0.4, -0.2) is 47.8 Å². The van der Waals surface area contributed by atoms with Crippen LogP contribution in [0.15, 0.2) is 30.0 Å². The number of hydrogen-bond acceptors (Lipinski definition) is 7. The van der Waals surface area contributed by atoms with Crippen molar-refractivity contribution in [3.05, 3.63) is 46.0 Å². The number of benzene rings is 1. The molecule has 0 atom stereocenters. The highest BCUT2D eigenvalue weighted by molar-refractivity contribution is 7.17. The number of carbonyl (C=O) groups excluding carboxylic acids is 2.